The van der Waals surface area contributed by atoms with Crippen LogP contribution in [0.1, 0.15) is 25.8 Å². The Labute approximate surface area is 126 Å². The number of para-hydroxylation sites is 1. The van der Waals surface area contributed by atoms with Crippen molar-refractivity contribution in [3.05, 3.63) is 56.8 Å². The third-order valence-electron chi connectivity index (χ3n) is 3.78. The fraction of sp³-hybridized carbons (Fsp3) is 0.188. The number of anilines is 1. The highest BCUT2D eigenvalue weighted by Crippen LogP contribution is 2.21. The standard InChI is InChI=1S/C16H16N4O2/c1-3-9(2)11-13-12(16(22)18-15(11)21)14(17)20(19-13)10-7-5-4-6-8-10/h4-8,17,22H,3H2,1-2H3,(H,18,21)/b11-9+,17-14?. The van der Waals surface area contributed by atoms with Crippen molar-refractivity contribution in [3.63, 3.8) is 0 Å². The van der Waals surface area contributed by atoms with Gasteiger partial charge in [0.1, 0.15) is 10.9 Å². The number of pyridine rings is 1. The van der Waals surface area contributed by atoms with Gasteiger partial charge < -0.3 is 5.11 Å². The largest absolute Gasteiger partial charge is 0.494 e. The van der Waals surface area contributed by atoms with Crippen molar-refractivity contribution in [2.24, 2.45) is 5.10 Å². The Morgan fingerprint density at radius 2 is 2.05 bits per heavy atom. The second-order valence-corrected chi connectivity index (χ2v) is 5.13. The topological polar surface area (TPSA) is 92.5 Å². The molecule has 6 heteroatoms. The molecule has 0 amide bonds. The number of rotatable bonds is 2. The average molecular weight is 296 g/mol. The molecule has 1 aliphatic rings. The zero-order chi connectivity index (χ0) is 15.9. The van der Waals surface area contributed by atoms with Gasteiger partial charge in [-0.05, 0) is 25.5 Å². The molecule has 0 unspecified atom stereocenters. The summed E-state index contributed by atoms with van der Waals surface area (Å²) >= 11 is 0. The third kappa shape index (κ3) is 2.00. The Bertz CT molecular complexity index is 929. The molecule has 1 aliphatic heterocycles. The highest BCUT2D eigenvalue weighted by molar-refractivity contribution is 6.10. The number of nitrogens with zero attached hydrogens (tertiary/aromatic N) is 2. The second-order valence-electron chi connectivity index (χ2n) is 5.13. The normalized spacial score (nSPS) is 14.6. The molecule has 0 saturated carbocycles. The van der Waals surface area contributed by atoms with Gasteiger partial charge in [0.15, 0.2) is 5.84 Å². The van der Waals surface area contributed by atoms with E-state index < -0.39 is 0 Å². The van der Waals surface area contributed by atoms with Crippen LogP contribution in [0.5, 0.6) is 5.88 Å². The highest BCUT2D eigenvalue weighted by atomic mass is 16.3. The van der Waals surface area contributed by atoms with Gasteiger partial charge in [0, 0.05) is 0 Å². The lowest BCUT2D eigenvalue weighted by atomic mass is 10.1. The molecule has 0 radical (unpaired) electrons. The van der Waals surface area contributed by atoms with Gasteiger partial charge >= 0.3 is 0 Å². The molecule has 22 heavy (non-hydrogen) atoms. The van der Waals surface area contributed by atoms with Gasteiger partial charge in [0.25, 0.3) is 5.56 Å². The van der Waals surface area contributed by atoms with Crippen LogP contribution >= 0.6 is 0 Å². The van der Waals surface area contributed by atoms with Gasteiger partial charge in [0.05, 0.1) is 10.9 Å². The molecule has 3 N–H and O–H groups in total. The molecule has 112 valence electrons. The zero-order valence-corrected chi connectivity index (χ0v) is 12.3. The average Bonchev–Trinajstić information content (AvgIpc) is 2.85. The minimum absolute atomic E-state index is 0.0418. The van der Waals surface area contributed by atoms with E-state index in [1.807, 2.05) is 44.2 Å². The van der Waals surface area contributed by atoms with Crippen LogP contribution in [0.15, 0.2) is 40.2 Å². The highest BCUT2D eigenvalue weighted by Gasteiger charge is 2.27. The number of aromatic hydroxyl groups is 1. The number of hydrogen-bond acceptors (Lipinski definition) is 4. The van der Waals surface area contributed by atoms with E-state index in [9.17, 15) is 9.90 Å². The molecule has 0 atom stereocenters. The Hall–Kier alpha value is -2.89. The molecule has 1 aromatic heterocycles. The first kappa shape index (κ1) is 14.1. The minimum atomic E-state index is -0.387. The van der Waals surface area contributed by atoms with E-state index in [-0.39, 0.29) is 22.8 Å². The zero-order valence-electron chi connectivity index (χ0n) is 12.3. The van der Waals surface area contributed by atoms with E-state index in [0.717, 1.165) is 5.57 Å². The molecule has 0 saturated heterocycles. The first-order valence-electron chi connectivity index (χ1n) is 7.02. The molecule has 2 aromatic rings. The number of hydrogen-bond donors (Lipinski definition) is 3. The SMILES string of the molecule is CC/C(C)=c1/c(=O)[nH]c(O)c2c1=NN(c1ccccc1)C2=N. The summed E-state index contributed by atoms with van der Waals surface area (Å²) < 4.78 is 0. The van der Waals surface area contributed by atoms with E-state index in [2.05, 4.69) is 10.1 Å². The van der Waals surface area contributed by atoms with Gasteiger partial charge in [-0.25, -0.2) is 5.01 Å². The van der Waals surface area contributed by atoms with Crippen LogP contribution < -0.4 is 21.1 Å². The number of benzene rings is 1. The molecule has 0 spiro atoms. The first-order valence-corrected chi connectivity index (χ1v) is 7.02. The lowest BCUT2D eigenvalue weighted by Gasteiger charge is -2.13. The third-order valence-corrected chi connectivity index (χ3v) is 3.78. The predicted molar refractivity (Wildman–Crippen MR) is 84.6 cm³/mol. The molecule has 1 aromatic carbocycles. The Morgan fingerprint density at radius 1 is 1.36 bits per heavy atom. The Morgan fingerprint density at radius 3 is 2.68 bits per heavy atom. The molecule has 6 nitrogen and oxygen atoms in total. The molecule has 0 fully saturated rings. The quantitative estimate of drug-likeness (QED) is 0.773. The maximum atomic E-state index is 12.2. The number of amidine groups is 1. The maximum Gasteiger partial charge on any atom is 0.260 e. The number of H-pyrrole nitrogens is 1. The summed E-state index contributed by atoms with van der Waals surface area (Å²) in [7, 11) is 0. The molecule has 0 bridgehead atoms. The number of aromatic nitrogens is 1. The van der Waals surface area contributed by atoms with Crippen LogP contribution in [-0.2, 0) is 0 Å². The van der Waals surface area contributed by atoms with Crippen LogP contribution in [0, 0.1) is 5.41 Å². The summed E-state index contributed by atoms with van der Waals surface area (Å²) in [6.07, 6.45) is 0.689. The predicted octanol–water partition coefficient (Wildman–Crippen LogP) is 1.04. The molecule has 3 rings (SSSR count). The maximum absolute atomic E-state index is 12.2. The van der Waals surface area contributed by atoms with Crippen molar-refractivity contribution in [2.45, 2.75) is 20.3 Å². The second kappa shape index (κ2) is 5.14. The van der Waals surface area contributed by atoms with Gasteiger partial charge in [-0.3, -0.25) is 15.2 Å². The van der Waals surface area contributed by atoms with Gasteiger partial charge in [0.2, 0.25) is 5.88 Å². The summed E-state index contributed by atoms with van der Waals surface area (Å²) in [5.41, 5.74) is 1.44. The van der Waals surface area contributed by atoms with E-state index >= 15 is 0 Å². The van der Waals surface area contributed by atoms with Crippen molar-refractivity contribution in [2.75, 3.05) is 5.01 Å². The monoisotopic (exact) mass is 296 g/mol. The van der Waals surface area contributed by atoms with Crippen molar-refractivity contribution in [1.82, 2.24) is 4.98 Å². The summed E-state index contributed by atoms with van der Waals surface area (Å²) in [5, 5.41) is 24.9. The van der Waals surface area contributed by atoms with Gasteiger partial charge in [-0.15, -0.1) is 0 Å². The van der Waals surface area contributed by atoms with Gasteiger partial charge in [-0.2, -0.15) is 5.10 Å². The minimum Gasteiger partial charge on any atom is -0.494 e. The lowest BCUT2D eigenvalue weighted by molar-refractivity contribution is 0.449. The molecule has 2 heterocycles. The summed E-state index contributed by atoms with van der Waals surface area (Å²) in [4.78, 5) is 14.6. The van der Waals surface area contributed by atoms with Gasteiger partial charge in [-0.1, -0.05) is 30.7 Å². The van der Waals surface area contributed by atoms with Crippen molar-refractivity contribution in [1.29, 1.82) is 5.41 Å². The summed E-state index contributed by atoms with van der Waals surface area (Å²) in [6, 6.07) is 9.20. The molecule has 0 aliphatic carbocycles. The van der Waals surface area contributed by atoms with Crippen LogP contribution in [0.25, 0.3) is 5.57 Å². The summed E-state index contributed by atoms with van der Waals surface area (Å²) in [6.45, 7) is 3.80. The van der Waals surface area contributed by atoms with Crippen molar-refractivity contribution < 1.29 is 5.11 Å². The van der Waals surface area contributed by atoms with Crippen LogP contribution in [0.3, 0.4) is 0 Å². The number of aromatic amines is 1. The van der Waals surface area contributed by atoms with E-state index in [1.165, 1.54) is 5.01 Å². The summed E-state index contributed by atoms with van der Waals surface area (Å²) in [5.74, 6) is -0.278. The van der Waals surface area contributed by atoms with Crippen LogP contribution in [0.2, 0.25) is 0 Å². The van der Waals surface area contributed by atoms with Crippen LogP contribution in [-0.4, -0.2) is 15.9 Å². The lowest BCUT2D eigenvalue weighted by Crippen LogP contribution is -2.43. The Kier molecular flexibility index (Phi) is 3.29. The fourth-order valence-electron chi connectivity index (χ4n) is 2.49. The smallest absolute Gasteiger partial charge is 0.260 e. The van der Waals surface area contributed by atoms with Crippen molar-refractivity contribution in [3.8, 4) is 5.88 Å². The first-order chi connectivity index (χ1) is 10.5. The molecular weight excluding hydrogens is 280 g/mol. The van der Waals surface area contributed by atoms with E-state index in [0.29, 0.717) is 22.7 Å². The molecular formula is C16H16N4O2. The number of fused-ring (bicyclic) bond motifs is 1. The fourth-order valence-corrected chi connectivity index (χ4v) is 2.49. The van der Waals surface area contributed by atoms with Crippen molar-refractivity contribution >= 4 is 17.1 Å². The van der Waals surface area contributed by atoms with E-state index in [1.54, 1.807) is 0 Å². The van der Waals surface area contributed by atoms with E-state index in [4.69, 9.17) is 5.41 Å². The number of nitrogens with one attached hydrogen (secondary N) is 2. The Balaban J connectivity index is 2.37. The van der Waals surface area contributed by atoms with Crippen LogP contribution in [0.4, 0.5) is 5.69 Å².